The van der Waals surface area contributed by atoms with Gasteiger partial charge in [-0.05, 0) is 31.5 Å². The van der Waals surface area contributed by atoms with Crippen molar-refractivity contribution < 1.29 is 4.74 Å². The number of anilines is 1. The third kappa shape index (κ3) is 7.63. The monoisotopic (exact) mass is 404 g/mol. The van der Waals surface area contributed by atoms with E-state index in [4.69, 9.17) is 10.5 Å². The second-order valence-electron chi connectivity index (χ2n) is 4.92. The molecule has 3 N–H and O–H groups in total. The first kappa shape index (κ1) is 18.2. The lowest BCUT2D eigenvalue weighted by atomic mass is 10.3. The van der Waals surface area contributed by atoms with E-state index >= 15 is 0 Å². The summed E-state index contributed by atoms with van der Waals surface area (Å²) in [6.07, 6.45) is 2.22. The van der Waals surface area contributed by atoms with Crippen LogP contribution < -0.4 is 11.1 Å². The van der Waals surface area contributed by atoms with Gasteiger partial charge in [0.05, 0.1) is 13.2 Å². The summed E-state index contributed by atoms with van der Waals surface area (Å²) in [6, 6.07) is 9.86. The molecule has 0 radical (unpaired) electrons. The molecule has 0 aromatic heterocycles. The van der Waals surface area contributed by atoms with Gasteiger partial charge in [-0.15, -0.1) is 24.0 Å². The van der Waals surface area contributed by atoms with Gasteiger partial charge in [0.25, 0.3) is 0 Å². The summed E-state index contributed by atoms with van der Waals surface area (Å²) in [5.74, 6) is 0.488. The van der Waals surface area contributed by atoms with Crippen molar-refractivity contribution >= 4 is 35.6 Å². The first-order valence-electron chi connectivity index (χ1n) is 7.27. The highest BCUT2D eigenvalue weighted by atomic mass is 127. The fourth-order valence-electron chi connectivity index (χ4n) is 2.18. The lowest BCUT2D eigenvalue weighted by molar-refractivity contribution is 0.0373. The zero-order valence-corrected chi connectivity index (χ0v) is 14.7. The molecule has 1 aromatic rings. The summed E-state index contributed by atoms with van der Waals surface area (Å²) in [5, 5.41) is 3.08. The van der Waals surface area contributed by atoms with E-state index in [2.05, 4.69) is 15.2 Å². The average Bonchev–Trinajstić information content (AvgIpc) is 2.49. The Bertz CT molecular complexity index is 407. The van der Waals surface area contributed by atoms with E-state index in [0.717, 1.165) is 57.9 Å². The number of para-hydroxylation sites is 1. The molecule has 118 valence electrons. The number of rotatable bonds is 6. The van der Waals surface area contributed by atoms with Crippen LogP contribution in [0.1, 0.15) is 12.8 Å². The molecule has 1 heterocycles. The topological polar surface area (TPSA) is 62.9 Å². The molecule has 0 amide bonds. The molecule has 1 aliphatic heterocycles. The Morgan fingerprint density at radius 1 is 1.19 bits per heavy atom. The van der Waals surface area contributed by atoms with Crippen LogP contribution in [0.25, 0.3) is 0 Å². The summed E-state index contributed by atoms with van der Waals surface area (Å²) in [6.45, 7) is 5.75. The third-order valence-corrected chi connectivity index (χ3v) is 3.31. The van der Waals surface area contributed by atoms with Crippen molar-refractivity contribution in [3.05, 3.63) is 30.3 Å². The highest BCUT2D eigenvalue weighted by Gasteiger charge is 2.08. The van der Waals surface area contributed by atoms with Crippen molar-refractivity contribution in [2.24, 2.45) is 10.7 Å². The van der Waals surface area contributed by atoms with E-state index in [-0.39, 0.29) is 24.0 Å². The lowest BCUT2D eigenvalue weighted by Gasteiger charge is -2.26. The molecule has 1 saturated heterocycles. The quantitative estimate of drug-likeness (QED) is 0.330. The molecule has 1 aromatic carbocycles. The van der Waals surface area contributed by atoms with Gasteiger partial charge in [-0.25, -0.2) is 0 Å². The smallest absolute Gasteiger partial charge is 0.193 e. The maximum absolute atomic E-state index is 5.84. The standard InChI is InChI=1S/C15H24N4O.HI/c16-15(18-14-6-2-1-3-7-14)17-8-4-5-9-19-10-12-20-13-11-19;/h1-3,6-7H,4-5,8-13H2,(H3,16,17,18);1H. The van der Waals surface area contributed by atoms with Gasteiger partial charge in [0.15, 0.2) is 5.96 Å². The van der Waals surface area contributed by atoms with Crippen LogP contribution in [0.5, 0.6) is 0 Å². The molecule has 0 unspecified atom stereocenters. The van der Waals surface area contributed by atoms with Crippen LogP contribution in [0, 0.1) is 0 Å². The highest BCUT2D eigenvalue weighted by molar-refractivity contribution is 14.0. The maximum atomic E-state index is 5.84. The number of nitrogens with two attached hydrogens (primary N) is 1. The Morgan fingerprint density at radius 3 is 2.62 bits per heavy atom. The summed E-state index contributed by atoms with van der Waals surface area (Å²) in [5.41, 5.74) is 6.82. The van der Waals surface area contributed by atoms with Crippen LogP contribution in [0.3, 0.4) is 0 Å². The molecule has 0 atom stereocenters. The minimum absolute atomic E-state index is 0. The zero-order chi connectivity index (χ0) is 14.0. The molecule has 6 heteroatoms. The number of nitrogens with one attached hydrogen (secondary N) is 1. The predicted molar refractivity (Wildman–Crippen MR) is 98.5 cm³/mol. The number of benzene rings is 1. The first-order valence-corrected chi connectivity index (χ1v) is 7.27. The average molecular weight is 404 g/mol. The number of ether oxygens (including phenoxy) is 1. The van der Waals surface area contributed by atoms with Gasteiger partial charge in [-0.1, -0.05) is 18.2 Å². The second kappa shape index (κ2) is 10.8. The number of aliphatic imine (C=N–C) groups is 1. The normalized spacial score (nSPS) is 16.3. The summed E-state index contributed by atoms with van der Waals surface area (Å²) in [4.78, 5) is 6.79. The maximum Gasteiger partial charge on any atom is 0.193 e. The van der Waals surface area contributed by atoms with Crippen LogP contribution >= 0.6 is 24.0 Å². The molecule has 0 saturated carbocycles. The Morgan fingerprint density at radius 2 is 1.90 bits per heavy atom. The number of hydrogen-bond acceptors (Lipinski definition) is 3. The minimum Gasteiger partial charge on any atom is -0.379 e. The van der Waals surface area contributed by atoms with Crippen molar-refractivity contribution in [1.82, 2.24) is 4.90 Å². The van der Waals surface area contributed by atoms with Crippen molar-refractivity contribution in [2.75, 3.05) is 44.7 Å². The van der Waals surface area contributed by atoms with E-state index < -0.39 is 0 Å². The van der Waals surface area contributed by atoms with Crippen LogP contribution in [0.2, 0.25) is 0 Å². The lowest BCUT2D eigenvalue weighted by Crippen LogP contribution is -2.36. The SMILES string of the molecule is I.NC(=NCCCCN1CCOCC1)Nc1ccccc1. The Labute approximate surface area is 144 Å². The number of unbranched alkanes of at least 4 members (excludes halogenated alkanes) is 1. The van der Waals surface area contributed by atoms with E-state index in [0.29, 0.717) is 5.96 Å². The molecule has 1 fully saturated rings. The molecule has 0 spiro atoms. The number of nitrogens with zero attached hydrogens (tertiary/aromatic N) is 2. The Balaban J connectivity index is 0.00000220. The number of morpholine rings is 1. The van der Waals surface area contributed by atoms with E-state index in [1.54, 1.807) is 0 Å². The number of hydrogen-bond donors (Lipinski definition) is 2. The first-order chi connectivity index (χ1) is 9.84. The molecule has 1 aliphatic rings. The van der Waals surface area contributed by atoms with Gasteiger partial charge < -0.3 is 15.8 Å². The van der Waals surface area contributed by atoms with E-state index in [1.165, 1.54) is 0 Å². The molecule has 2 rings (SSSR count). The Kier molecular flexibility index (Phi) is 9.36. The molecule has 5 nitrogen and oxygen atoms in total. The summed E-state index contributed by atoms with van der Waals surface area (Å²) >= 11 is 0. The summed E-state index contributed by atoms with van der Waals surface area (Å²) < 4.78 is 5.33. The predicted octanol–water partition coefficient (Wildman–Crippen LogP) is 2.14. The highest BCUT2D eigenvalue weighted by Crippen LogP contribution is 2.04. The summed E-state index contributed by atoms with van der Waals surface area (Å²) in [7, 11) is 0. The zero-order valence-electron chi connectivity index (χ0n) is 12.3. The van der Waals surface area contributed by atoms with Crippen molar-refractivity contribution in [3.63, 3.8) is 0 Å². The van der Waals surface area contributed by atoms with Gasteiger partial charge in [0.2, 0.25) is 0 Å². The van der Waals surface area contributed by atoms with Gasteiger partial charge in [-0.2, -0.15) is 0 Å². The van der Waals surface area contributed by atoms with Crippen molar-refractivity contribution in [1.29, 1.82) is 0 Å². The Hall–Kier alpha value is -0.860. The van der Waals surface area contributed by atoms with Gasteiger partial charge in [-0.3, -0.25) is 9.89 Å². The van der Waals surface area contributed by atoms with E-state index in [1.807, 2.05) is 30.3 Å². The molecular weight excluding hydrogens is 379 g/mol. The van der Waals surface area contributed by atoms with Gasteiger partial charge >= 0.3 is 0 Å². The molecular formula is C15H25IN4O. The van der Waals surface area contributed by atoms with Crippen LogP contribution in [0.4, 0.5) is 5.69 Å². The van der Waals surface area contributed by atoms with Crippen molar-refractivity contribution in [3.8, 4) is 0 Å². The van der Waals surface area contributed by atoms with Crippen LogP contribution in [0.15, 0.2) is 35.3 Å². The van der Waals surface area contributed by atoms with E-state index in [9.17, 15) is 0 Å². The molecule has 21 heavy (non-hydrogen) atoms. The second-order valence-corrected chi connectivity index (χ2v) is 4.92. The number of halogens is 1. The third-order valence-electron chi connectivity index (χ3n) is 3.31. The minimum atomic E-state index is 0. The number of guanidine groups is 1. The largest absolute Gasteiger partial charge is 0.379 e. The van der Waals surface area contributed by atoms with Gasteiger partial charge in [0.1, 0.15) is 0 Å². The van der Waals surface area contributed by atoms with Crippen LogP contribution in [-0.4, -0.2) is 50.3 Å². The fourth-order valence-corrected chi connectivity index (χ4v) is 2.18. The molecule has 0 aliphatic carbocycles. The fraction of sp³-hybridized carbons (Fsp3) is 0.533. The van der Waals surface area contributed by atoms with Gasteiger partial charge in [0, 0.05) is 25.3 Å². The molecule has 0 bridgehead atoms. The van der Waals surface area contributed by atoms with Crippen molar-refractivity contribution in [2.45, 2.75) is 12.8 Å². The van der Waals surface area contributed by atoms with Crippen LogP contribution in [-0.2, 0) is 4.74 Å².